The van der Waals surface area contributed by atoms with Gasteiger partial charge >= 0.3 is 5.97 Å². The smallest absolute Gasteiger partial charge is 0.358 e. The van der Waals surface area contributed by atoms with E-state index < -0.39 is 5.97 Å². The van der Waals surface area contributed by atoms with Crippen molar-refractivity contribution in [1.82, 2.24) is 9.88 Å². The molecule has 1 unspecified atom stereocenters. The van der Waals surface area contributed by atoms with Crippen molar-refractivity contribution < 1.29 is 19.1 Å². The van der Waals surface area contributed by atoms with Crippen LogP contribution in [0.4, 0.5) is 0 Å². The maximum absolute atomic E-state index is 11.7. The summed E-state index contributed by atoms with van der Waals surface area (Å²) in [5.74, 6) is 0.639. The van der Waals surface area contributed by atoms with Crippen LogP contribution in [0.3, 0.4) is 0 Å². The molecule has 1 fully saturated rings. The number of ether oxygens (including phenoxy) is 1. The summed E-state index contributed by atoms with van der Waals surface area (Å²) in [6.07, 6.45) is 2.90. The van der Waals surface area contributed by atoms with Crippen molar-refractivity contribution in [3.8, 4) is 17.2 Å². The number of para-hydroxylation sites is 1. The molecule has 1 aromatic heterocycles. The number of nitrogens with zero attached hydrogens (tertiary/aromatic N) is 2. The van der Waals surface area contributed by atoms with E-state index in [0.717, 1.165) is 43.7 Å². The second kappa shape index (κ2) is 7.04. The minimum atomic E-state index is -1.07. The molecule has 3 heterocycles. The Kier molecular flexibility index (Phi) is 4.36. The van der Waals surface area contributed by atoms with E-state index in [-0.39, 0.29) is 11.3 Å². The maximum Gasteiger partial charge on any atom is 0.358 e. The summed E-state index contributed by atoms with van der Waals surface area (Å²) in [5.41, 5.74) is 1.80. The Morgan fingerprint density at radius 2 is 1.90 bits per heavy atom. The van der Waals surface area contributed by atoms with Crippen molar-refractivity contribution in [2.45, 2.75) is 31.4 Å². The number of carbonyl (C=O) groups is 1. The van der Waals surface area contributed by atoms with Gasteiger partial charge in [0.1, 0.15) is 11.4 Å². The monoisotopic (exact) mass is 390 g/mol. The zero-order valence-electron chi connectivity index (χ0n) is 16.0. The van der Waals surface area contributed by atoms with Gasteiger partial charge in [0.15, 0.2) is 11.5 Å². The Balaban J connectivity index is 1.35. The van der Waals surface area contributed by atoms with Gasteiger partial charge in [0.25, 0.3) is 0 Å². The van der Waals surface area contributed by atoms with Gasteiger partial charge in [-0.3, -0.25) is 4.90 Å². The molecule has 1 spiro atoms. The summed E-state index contributed by atoms with van der Waals surface area (Å²) in [7, 11) is 0. The molecular formula is C23H22N2O4. The van der Waals surface area contributed by atoms with Crippen LogP contribution in [-0.4, -0.2) is 39.7 Å². The van der Waals surface area contributed by atoms with Crippen molar-refractivity contribution in [3.63, 3.8) is 0 Å². The third-order valence-electron chi connectivity index (χ3n) is 5.83. The number of oxazole rings is 1. The van der Waals surface area contributed by atoms with Crippen LogP contribution < -0.4 is 4.74 Å². The number of aryl methyl sites for hydroxylation is 1. The summed E-state index contributed by atoms with van der Waals surface area (Å²) in [5, 5.41) is 9.59. The predicted octanol–water partition coefficient (Wildman–Crippen LogP) is 4.01. The number of carboxylic acid groups (broad SMARTS) is 1. The van der Waals surface area contributed by atoms with E-state index in [2.05, 4.69) is 16.0 Å². The molecule has 29 heavy (non-hydrogen) atoms. The standard InChI is InChI=1S/C23H22N2O4/c26-22(27)20-19(28-21(24-20)17-7-2-1-3-8-17)14-25-13-12-23(15-25)11-10-16-6-4-5-9-18(16)29-23/h1-9H,10-15H2,(H,26,27). The van der Waals surface area contributed by atoms with Gasteiger partial charge in [-0.1, -0.05) is 36.4 Å². The molecule has 0 amide bonds. The lowest BCUT2D eigenvalue weighted by Gasteiger charge is -2.35. The molecule has 2 aliphatic heterocycles. The molecule has 6 nitrogen and oxygen atoms in total. The molecule has 1 saturated heterocycles. The van der Waals surface area contributed by atoms with Crippen molar-refractivity contribution in [1.29, 1.82) is 0 Å². The second-order valence-corrected chi connectivity index (χ2v) is 7.82. The van der Waals surface area contributed by atoms with Crippen LogP contribution in [0.5, 0.6) is 5.75 Å². The van der Waals surface area contributed by atoms with Gasteiger partial charge < -0.3 is 14.3 Å². The highest BCUT2D eigenvalue weighted by atomic mass is 16.5. The van der Waals surface area contributed by atoms with E-state index in [0.29, 0.717) is 18.2 Å². The van der Waals surface area contributed by atoms with Crippen molar-refractivity contribution >= 4 is 5.97 Å². The molecule has 0 radical (unpaired) electrons. The minimum absolute atomic E-state index is 0.0142. The molecule has 0 bridgehead atoms. The number of benzene rings is 2. The summed E-state index contributed by atoms with van der Waals surface area (Å²) < 4.78 is 12.3. The molecule has 1 N–H and O–H groups in total. The van der Waals surface area contributed by atoms with Gasteiger partial charge in [-0.2, -0.15) is 0 Å². The Hall–Kier alpha value is -3.12. The lowest BCUT2D eigenvalue weighted by atomic mass is 9.90. The largest absolute Gasteiger partial charge is 0.486 e. The van der Waals surface area contributed by atoms with E-state index >= 15 is 0 Å². The molecule has 1 atom stereocenters. The number of carboxylic acids is 1. The Morgan fingerprint density at radius 1 is 1.10 bits per heavy atom. The zero-order valence-corrected chi connectivity index (χ0v) is 16.0. The molecule has 2 aromatic carbocycles. The molecule has 148 valence electrons. The van der Waals surface area contributed by atoms with E-state index in [9.17, 15) is 9.90 Å². The topological polar surface area (TPSA) is 75.8 Å². The van der Waals surface area contributed by atoms with Gasteiger partial charge in [0.2, 0.25) is 5.89 Å². The van der Waals surface area contributed by atoms with Crippen LogP contribution >= 0.6 is 0 Å². The van der Waals surface area contributed by atoms with Gasteiger partial charge in [0.05, 0.1) is 6.54 Å². The van der Waals surface area contributed by atoms with E-state index in [4.69, 9.17) is 9.15 Å². The Bertz CT molecular complexity index is 1050. The number of aromatic carboxylic acids is 1. The van der Waals surface area contributed by atoms with Gasteiger partial charge in [-0.15, -0.1) is 0 Å². The number of likely N-dealkylation sites (tertiary alicyclic amines) is 1. The number of hydrogen-bond acceptors (Lipinski definition) is 5. The highest BCUT2D eigenvalue weighted by Gasteiger charge is 2.43. The average molecular weight is 390 g/mol. The first-order chi connectivity index (χ1) is 14.1. The Morgan fingerprint density at radius 3 is 2.72 bits per heavy atom. The quantitative estimate of drug-likeness (QED) is 0.725. The average Bonchev–Trinajstić information content (AvgIpc) is 3.33. The maximum atomic E-state index is 11.7. The van der Waals surface area contributed by atoms with Gasteiger partial charge in [-0.05, 0) is 36.6 Å². The SMILES string of the molecule is O=C(O)c1nc(-c2ccccc2)oc1CN1CCC2(CCc3ccccc3O2)C1. The third kappa shape index (κ3) is 3.40. The molecular weight excluding hydrogens is 368 g/mol. The van der Waals surface area contributed by atoms with Crippen molar-refractivity contribution in [2.75, 3.05) is 13.1 Å². The lowest BCUT2D eigenvalue weighted by Crippen LogP contribution is -2.42. The van der Waals surface area contributed by atoms with Crippen LogP contribution in [0, 0.1) is 0 Å². The third-order valence-corrected chi connectivity index (χ3v) is 5.83. The minimum Gasteiger partial charge on any atom is -0.486 e. The second-order valence-electron chi connectivity index (χ2n) is 7.82. The first-order valence-corrected chi connectivity index (χ1v) is 9.90. The van der Waals surface area contributed by atoms with E-state index in [1.54, 1.807) is 0 Å². The predicted molar refractivity (Wildman–Crippen MR) is 107 cm³/mol. The molecule has 0 saturated carbocycles. The van der Waals surface area contributed by atoms with E-state index in [1.807, 2.05) is 48.5 Å². The van der Waals surface area contributed by atoms with Gasteiger partial charge in [-0.25, -0.2) is 9.78 Å². The molecule has 6 heteroatoms. The highest BCUT2D eigenvalue weighted by molar-refractivity contribution is 5.87. The molecule has 5 rings (SSSR count). The van der Waals surface area contributed by atoms with E-state index in [1.165, 1.54) is 5.56 Å². The zero-order chi connectivity index (χ0) is 19.8. The number of hydrogen-bond donors (Lipinski definition) is 1. The van der Waals surface area contributed by atoms with Crippen LogP contribution in [0.1, 0.15) is 34.7 Å². The van der Waals surface area contributed by atoms with Crippen LogP contribution in [0.2, 0.25) is 0 Å². The van der Waals surface area contributed by atoms with Crippen LogP contribution in [0.15, 0.2) is 59.0 Å². The Labute approximate surface area is 168 Å². The summed E-state index contributed by atoms with van der Waals surface area (Å²) >= 11 is 0. The fourth-order valence-corrected chi connectivity index (χ4v) is 4.34. The fraction of sp³-hybridized carbons (Fsp3) is 0.304. The van der Waals surface area contributed by atoms with Crippen molar-refractivity contribution in [3.05, 3.63) is 71.6 Å². The summed E-state index contributed by atoms with van der Waals surface area (Å²) in [6, 6.07) is 17.6. The van der Waals surface area contributed by atoms with Crippen LogP contribution in [-0.2, 0) is 13.0 Å². The van der Waals surface area contributed by atoms with Crippen molar-refractivity contribution in [2.24, 2.45) is 0 Å². The lowest BCUT2D eigenvalue weighted by molar-refractivity contribution is 0.0529. The fourth-order valence-electron chi connectivity index (χ4n) is 4.34. The highest BCUT2D eigenvalue weighted by Crippen LogP contribution is 2.39. The summed E-state index contributed by atoms with van der Waals surface area (Å²) in [6.45, 7) is 2.00. The van der Waals surface area contributed by atoms with Gasteiger partial charge in [0, 0.05) is 25.1 Å². The molecule has 3 aromatic rings. The first-order valence-electron chi connectivity index (χ1n) is 9.90. The van der Waals surface area contributed by atoms with Crippen LogP contribution in [0.25, 0.3) is 11.5 Å². The number of aromatic nitrogens is 1. The number of rotatable bonds is 4. The molecule has 2 aliphatic rings. The number of fused-ring (bicyclic) bond motifs is 1. The molecule has 0 aliphatic carbocycles. The summed E-state index contributed by atoms with van der Waals surface area (Å²) in [4.78, 5) is 18.1. The normalized spacial score (nSPS) is 21.1. The first kappa shape index (κ1) is 17.9.